The summed E-state index contributed by atoms with van der Waals surface area (Å²) in [6.45, 7) is 3.67. The summed E-state index contributed by atoms with van der Waals surface area (Å²) in [6.07, 6.45) is -4.04. The Morgan fingerprint density at radius 2 is 1.73 bits per heavy atom. The van der Waals surface area contributed by atoms with Crippen LogP contribution < -0.4 is 4.74 Å². The Morgan fingerprint density at radius 1 is 1.03 bits per heavy atom. The summed E-state index contributed by atoms with van der Waals surface area (Å²) in [5, 5.41) is 8.97. The topological polar surface area (TPSA) is 72.6 Å². The Balaban J connectivity index is 1.63. The minimum atomic E-state index is -4.42. The number of ether oxygens (including phenoxy) is 1. The van der Waals surface area contributed by atoms with E-state index < -0.39 is 23.8 Å². The molecule has 1 heterocycles. The highest BCUT2D eigenvalue weighted by Gasteiger charge is 2.30. The van der Waals surface area contributed by atoms with Crippen LogP contribution in [-0.2, 0) is 23.8 Å². The lowest BCUT2D eigenvalue weighted by Gasteiger charge is -2.19. The summed E-state index contributed by atoms with van der Waals surface area (Å²) in [4.78, 5) is 15.4. The van der Waals surface area contributed by atoms with Crippen molar-refractivity contribution in [2.24, 2.45) is 0 Å². The molecule has 0 aliphatic rings. The quantitative estimate of drug-likeness (QED) is 0.255. The van der Waals surface area contributed by atoms with Gasteiger partial charge in [0.05, 0.1) is 11.3 Å². The fourth-order valence-corrected chi connectivity index (χ4v) is 4.08. The number of hydrogen-bond acceptors (Lipinski definition) is 4. The molecule has 0 aliphatic carbocycles. The van der Waals surface area contributed by atoms with Gasteiger partial charge >= 0.3 is 12.1 Å². The number of rotatable bonds is 9. The standard InChI is InChI=1S/C29H26F3NO4/c1-18-16-24(14-10-21(18)11-15-26(34)35)36-25(17-20-6-4-3-5-7-20)27-19(2)33-28(37-27)22-8-12-23(13-9-22)29(30,31)32/h3-10,12-14,16,25H,11,15,17H2,1-2H3,(H,34,35)/t25-/m1/s1. The summed E-state index contributed by atoms with van der Waals surface area (Å²) in [7, 11) is 0. The molecule has 8 heteroatoms. The number of hydrogen-bond donors (Lipinski definition) is 1. The Hall–Kier alpha value is -4.07. The van der Waals surface area contributed by atoms with E-state index in [1.165, 1.54) is 12.1 Å². The number of halogens is 3. The number of aliphatic carboxylic acids is 1. The maximum Gasteiger partial charge on any atom is 0.416 e. The SMILES string of the molecule is Cc1cc(O[C@H](Cc2ccccc2)c2oc(-c3ccc(C(F)(F)F)cc3)nc2C)ccc1CCC(=O)O. The van der Waals surface area contributed by atoms with Gasteiger partial charge in [-0.15, -0.1) is 0 Å². The minimum absolute atomic E-state index is 0.0433. The molecule has 0 saturated heterocycles. The zero-order chi connectivity index (χ0) is 26.6. The van der Waals surface area contributed by atoms with E-state index in [4.69, 9.17) is 14.3 Å². The van der Waals surface area contributed by atoms with E-state index in [0.29, 0.717) is 35.6 Å². The van der Waals surface area contributed by atoms with Gasteiger partial charge in [-0.25, -0.2) is 4.98 Å². The highest BCUT2D eigenvalue weighted by atomic mass is 19.4. The number of aryl methyl sites for hydroxylation is 3. The summed E-state index contributed by atoms with van der Waals surface area (Å²) in [6, 6.07) is 19.9. The average Bonchev–Trinajstić information content (AvgIpc) is 3.25. The second kappa shape index (κ2) is 10.9. The van der Waals surface area contributed by atoms with Gasteiger partial charge in [0.1, 0.15) is 5.75 Å². The van der Waals surface area contributed by atoms with Crippen LogP contribution in [0, 0.1) is 13.8 Å². The van der Waals surface area contributed by atoms with Crippen LogP contribution in [0.25, 0.3) is 11.5 Å². The molecule has 0 amide bonds. The van der Waals surface area contributed by atoms with Gasteiger partial charge in [0.15, 0.2) is 11.9 Å². The van der Waals surface area contributed by atoms with Crippen LogP contribution in [0.4, 0.5) is 13.2 Å². The maximum atomic E-state index is 13.0. The first-order chi connectivity index (χ1) is 17.6. The third-order valence-electron chi connectivity index (χ3n) is 6.05. The van der Waals surface area contributed by atoms with Gasteiger partial charge in [-0.3, -0.25) is 4.79 Å². The van der Waals surface area contributed by atoms with Crippen LogP contribution in [0.1, 0.15) is 46.2 Å². The van der Waals surface area contributed by atoms with Crippen molar-refractivity contribution in [1.82, 2.24) is 4.98 Å². The van der Waals surface area contributed by atoms with Gasteiger partial charge in [-0.05, 0) is 73.4 Å². The van der Waals surface area contributed by atoms with Gasteiger partial charge in [-0.2, -0.15) is 13.2 Å². The predicted molar refractivity (Wildman–Crippen MR) is 132 cm³/mol. The lowest BCUT2D eigenvalue weighted by atomic mass is 10.0. The molecule has 4 rings (SSSR count). The van der Waals surface area contributed by atoms with Gasteiger partial charge in [-0.1, -0.05) is 36.4 Å². The Kier molecular flexibility index (Phi) is 7.66. The highest BCUT2D eigenvalue weighted by Crippen LogP contribution is 2.34. The Bertz CT molecular complexity index is 1360. The fourth-order valence-electron chi connectivity index (χ4n) is 4.08. The number of nitrogens with zero attached hydrogens (tertiary/aromatic N) is 1. The van der Waals surface area contributed by atoms with Crippen molar-refractivity contribution in [3.63, 3.8) is 0 Å². The largest absolute Gasteiger partial charge is 0.482 e. The van der Waals surface area contributed by atoms with Crippen molar-refractivity contribution in [1.29, 1.82) is 0 Å². The molecule has 3 aromatic carbocycles. The van der Waals surface area contributed by atoms with Crippen molar-refractivity contribution in [3.8, 4) is 17.2 Å². The van der Waals surface area contributed by atoms with Crippen LogP contribution in [0.15, 0.2) is 77.2 Å². The van der Waals surface area contributed by atoms with Crippen molar-refractivity contribution in [3.05, 3.63) is 107 Å². The minimum Gasteiger partial charge on any atom is -0.482 e. The summed E-state index contributed by atoms with van der Waals surface area (Å²) in [5.41, 5.74) is 3.11. The lowest BCUT2D eigenvalue weighted by Crippen LogP contribution is -2.12. The lowest BCUT2D eigenvalue weighted by molar-refractivity contribution is -0.138. The molecular weight excluding hydrogens is 483 g/mol. The average molecular weight is 510 g/mol. The molecule has 37 heavy (non-hydrogen) atoms. The van der Waals surface area contributed by atoms with Crippen LogP contribution in [0.3, 0.4) is 0 Å². The third-order valence-corrected chi connectivity index (χ3v) is 6.05. The number of carboxylic acid groups (broad SMARTS) is 1. The second-order valence-corrected chi connectivity index (χ2v) is 8.82. The molecular formula is C29H26F3NO4. The molecule has 5 nitrogen and oxygen atoms in total. The van der Waals surface area contributed by atoms with E-state index in [9.17, 15) is 18.0 Å². The predicted octanol–water partition coefficient (Wildman–Crippen LogP) is 7.36. The molecule has 0 saturated carbocycles. The molecule has 0 bridgehead atoms. The van der Waals surface area contributed by atoms with E-state index in [2.05, 4.69) is 4.98 Å². The second-order valence-electron chi connectivity index (χ2n) is 8.82. The van der Waals surface area contributed by atoms with E-state index in [-0.39, 0.29) is 12.3 Å². The van der Waals surface area contributed by atoms with Crippen LogP contribution >= 0.6 is 0 Å². The molecule has 0 spiro atoms. The van der Waals surface area contributed by atoms with Crippen molar-refractivity contribution in [2.45, 2.75) is 45.4 Å². The summed E-state index contributed by atoms with van der Waals surface area (Å²) in [5.74, 6) is 0.422. The first-order valence-electron chi connectivity index (χ1n) is 11.8. The summed E-state index contributed by atoms with van der Waals surface area (Å²) < 4.78 is 51.3. The number of carbonyl (C=O) groups is 1. The van der Waals surface area contributed by atoms with Crippen molar-refractivity contribution < 1.29 is 32.2 Å². The molecule has 0 radical (unpaired) electrons. The summed E-state index contributed by atoms with van der Waals surface area (Å²) >= 11 is 0. The highest BCUT2D eigenvalue weighted by molar-refractivity contribution is 5.67. The molecule has 4 aromatic rings. The first-order valence-corrected chi connectivity index (χ1v) is 11.8. The molecule has 192 valence electrons. The number of aromatic nitrogens is 1. The van der Waals surface area contributed by atoms with E-state index >= 15 is 0 Å². The van der Waals surface area contributed by atoms with Crippen LogP contribution in [0.2, 0.25) is 0 Å². The zero-order valence-corrected chi connectivity index (χ0v) is 20.4. The fraction of sp³-hybridized carbons (Fsp3) is 0.241. The zero-order valence-electron chi connectivity index (χ0n) is 20.4. The van der Waals surface area contributed by atoms with Gasteiger partial charge < -0.3 is 14.3 Å². The van der Waals surface area contributed by atoms with Gasteiger partial charge in [0, 0.05) is 18.4 Å². The number of alkyl halides is 3. The van der Waals surface area contributed by atoms with Crippen LogP contribution in [-0.4, -0.2) is 16.1 Å². The number of benzene rings is 3. The smallest absolute Gasteiger partial charge is 0.416 e. The third kappa shape index (κ3) is 6.58. The van der Waals surface area contributed by atoms with Gasteiger partial charge in [0.2, 0.25) is 5.89 Å². The van der Waals surface area contributed by atoms with E-state index in [0.717, 1.165) is 28.8 Å². The molecule has 0 aliphatic heterocycles. The van der Waals surface area contributed by atoms with Gasteiger partial charge in [0.25, 0.3) is 0 Å². The maximum absolute atomic E-state index is 13.0. The molecule has 1 N–H and O–H groups in total. The van der Waals surface area contributed by atoms with Crippen molar-refractivity contribution >= 4 is 5.97 Å². The molecule has 1 aromatic heterocycles. The van der Waals surface area contributed by atoms with Crippen LogP contribution in [0.5, 0.6) is 5.75 Å². The Morgan fingerprint density at radius 3 is 2.35 bits per heavy atom. The van der Waals surface area contributed by atoms with E-state index in [1.807, 2.05) is 49.4 Å². The molecule has 0 unspecified atom stereocenters. The number of carboxylic acids is 1. The normalized spacial score (nSPS) is 12.4. The monoisotopic (exact) mass is 509 g/mol. The molecule has 1 atom stereocenters. The first kappa shape index (κ1) is 26.0. The van der Waals surface area contributed by atoms with E-state index in [1.54, 1.807) is 13.0 Å². The molecule has 0 fully saturated rings. The van der Waals surface area contributed by atoms with Crippen molar-refractivity contribution in [2.75, 3.05) is 0 Å². The number of oxazole rings is 1. The Labute approximate surface area is 212 Å².